The molecule has 2 aromatic heterocycles. The topological polar surface area (TPSA) is 50.4 Å². The zero-order chi connectivity index (χ0) is 18.5. The van der Waals surface area contributed by atoms with Crippen LogP contribution in [0, 0.1) is 0 Å². The minimum atomic E-state index is 0.683. The molecule has 0 unspecified atom stereocenters. The third-order valence-corrected chi connectivity index (χ3v) is 4.69. The summed E-state index contributed by atoms with van der Waals surface area (Å²) in [5.41, 5.74) is 3.50. The number of hydrogen-bond acceptors (Lipinski definition) is 2. The number of hydrogen-bond donors (Lipinski definition) is 1. The summed E-state index contributed by atoms with van der Waals surface area (Å²) in [7, 11) is 5.89. The molecule has 0 aliphatic heterocycles. The number of rotatable bonds is 5. The summed E-state index contributed by atoms with van der Waals surface area (Å²) < 4.78 is 5.22. The van der Waals surface area contributed by atoms with Crippen LogP contribution in [0.3, 0.4) is 0 Å². The first-order valence-electron chi connectivity index (χ1n) is 8.37. The van der Waals surface area contributed by atoms with Crippen LogP contribution >= 0.6 is 15.9 Å². The first-order valence-corrected chi connectivity index (χ1v) is 9.16. The molecule has 7 heteroatoms. The largest absolute Gasteiger partial charge is 0.352 e. The Labute approximate surface area is 162 Å². The Morgan fingerprint density at radius 2 is 2.15 bits per heavy atom. The van der Waals surface area contributed by atoms with Crippen molar-refractivity contribution in [2.24, 2.45) is 12.0 Å². The third-order valence-electron chi connectivity index (χ3n) is 4.26. The van der Waals surface area contributed by atoms with Crippen LogP contribution in [0.25, 0.3) is 5.69 Å². The normalized spacial score (nSPS) is 11.6. The quantitative estimate of drug-likeness (QED) is 0.515. The van der Waals surface area contributed by atoms with Crippen molar-refractivity contribution in [3.8, 4) is 5.69 Å². The fraction of sp³-hybridized carbons (Fsp3) is 0.263. The second kappa shape index (κ2) is 8.23. The number of aromatic nitrogens is 3. The van der Waals surface area contributed by atoms with E-state index in [1.807, 2.05) is 50.4 Å². The Balaban J connectivity index is 1.69. The van der Waals surface area contributed by atoms with Gasteiger partial charge in [0, 0.05) is 56.4 Å². The number of halogens is 1. The predicted molar refractivity (Wildman–Crippen MR) is 108 cm³/mol. The monoisotopic (exact) mass is 414 g/mol. The molecule has 0 saturated heterocycles. The van der Waals surface area contributed by atoms with Crippen molar-refractivity contribution in [3.63, 3.8) is 0 Å². The molecule has 136 valence electrons. The fourth-order valence-corrected chi connectivity index (χ4v) is 3.49. The third kappa shape index (κ3) is 4.16. The average molecular weight is 415 g/mol. The van der Waals surface area contributed by atoms with Gasteiger partial charge in [-0.2, -0.15) is 0 Å². The van der Waals surface area contributed by atoms with Gasteiger partial charge in [-0.3, -0.25) is 4.99 Å². The van der Waals surface area contributed by atoms with E-state index in [-0.39, 0.29) is 0 Å². The van der Waals surface area contributed by atoms with E-state index in [2.05, 4.69) is 65.1 Å². The zero-order valence-electron chi connectivity index (χ0n) is 15.2. The van der Waals surface area contributed by atoms with Crippen molar-refractivity contribution in [1.82, 2.24) is 24.3 Å². The predicted octanol–water partition coefficient (Wildman–Crippen LogP) is 3.18. The summed E-state index contributed by atoms with van der Waals surface area (Å²) >= 11 is 3.52. The number of para-hydroxylation sites is 1. The Morgan fingerprint density at radius 1 is 1.35 bits per heavy atom. The number of nitrogens with zero attached hydrogens (tertiary/aromatic N) is 5. The van der Waals surface area contributed by atoms with E-state index < -0.39 is 0 Å². The summed E-state index contributed by atoms with van der Waals surface area (Å²) in [6.07, 6.45) is 7.61. The lowest BCUT2D eigenvalue weighted by molar-refractivity contribution is 0.461. The smallest absolute Gasteiger partial charge is 0.194 e. The fourth-order valence-electron chi connectivity index (χ4n) is 2.91. The van der Waals surface area contributed by atoms with Gasteiger partial charge in [-0.15, -0.1) is 0 Å². The maximum atomic E-state index is 4.42. The summed E-state index contributed by atoms with van der Waals surface area (Å²) in [5.74, 6) is 0.850. The maximum absolute atomic E-state index is 4.42. The van der Waals surface area contributed by atoms with Gasteiger partial charge in [0.2, 0.25) is 0 Å². The summed E-state index contributed by atoms with van der Waals surface area (Å²) in [6, 6.07) is 10.4. The highest BCUT2D eigenvalue weighted by molar-refractivity contribution is 9.10. The van der Waals surface area contributed by atoms with E-state index in [1.165, 1.54) is 11.3 Å². The van der Waals surface area contributed by atoms with Crippen LogP contribution in [0.15, 0.2) is 64.7 Å². The number of guanidine groups is 1. The highest BCUT2D eigenvalue weighted by Crippen LogP contribution is 2.16. The molecule has 6 nitrogen and oxygen atoms in total. The van der Waals surface area contributed by atoms with Gasteiger partial charge in [0.15, 0.2) is 5.96 Å². The second-order valence-corrected chi connectivity index (χ2v) is 7.03. The SMILES string of the molecule is CN=C(NCc1ccccc1-n1ccnc1)N(C)Cc1cc(Br)cn1C. The lowest BCUT2D eigenvalue weighted by Gasteiger charge is -2.23. The Hall–Kier alpha value is -2.54. The number of benzene rings is 1. The molecule has 1 N–H and O–H groups in total. The van der Waals surface area contributed by atoms with Gasteiger partial charge < -0.3 is 19.4 Å². The average Bonchev–Trinajstić information content (AvgIpc) is 3.26. The van der Waals surface area contributed by atoms with Crippen LogP contribution < -0.4 is 5.32 Å². The first kappa shape index (κ1) is 18.3. The van der Waals surface area contributed by atoms with Crippen molar-refractivity contribution < 1.29 is 0 Å². The second-order valence-electron chi connectivity index (χ2n) is 6.12. The number of aryl methyl sites for hydroxylation is 1. The molecule has 0 saturated carbocycles. The van der Waals surface area contributed by atoms with Crippen LogP contribution in [0.5, 0.6) is 0 Å². The number of nitrogens with one attached hydrogen (secondary N) is 1. The van der Waals surface area contributed by atoms with Gasteiger partial charge in [0.25, 0.3) is 0 Å². The van der Waals surface area contributed by atoms with Crippen LogP contribution in [-0.4, -0.2) is 39.1 Å². The first-order chi connectivity index (χ1) is 12.6. The molecule has 0 fully saturated rings. The van der Waals surface area contributed by atoms with E-state index in [1.54, 1.807) is 6.20 Å². The van der Waals surface area contributed by atoms with Crippen LogP contribution in [0.2, 0.25) is 0 Å². The van der Waals surface area contributed by atoms with Crippen molar-refractivity contribution in [3.05, 3.63) is 71.0 Å². The molecule has 2 heterocycles. The molecule has 0 aliphatic carbocycles. The summed E-state index contributed by atoms with van der Waals surface area (Å²) in [4.78, 5) is 10.7. The lowest BCUT2D eigenvalue weighted by Crippen LogP contribution is -2.38. The molecule has 26 heavy (non-hydrogen) atoms. The minimum Gasteiger partial charge on any atom is -0.352 e. The van der Waals surface area contributed by atoms with Crippen LogP contribution in [-0.2, 0) is 20.1 Å². The van der Waals surface area contributed by atoms with Crippen molar-refractivity contribution in [2.75, 3.05) is 14.1 Å². The highest BCUT2D eigenvalue weighted by atomic mass is 79.9. The molecule has 0 atom stereocenters. The van der Waals surface area contributed by atoms with Gasteiger partial charge in [0.05, 0.1) is 18.6 Å². The molecular weight excluding hydrogens is 392 g/mol. The summed E-state index contributed by atoms with van der Waals surface area (Å²) in [6.45, 7) is 1.45. The lowest BCUT2D eigenvalue weighted by atomic mass is 10.1. The van der Waals surface area contributed by atoms with Gasteiger partial charge in [0.1, 0.15) is 0 Å². The van der Waals surface area contributed by atoms with Crippen molar-refractivity contribution in [2.45, 2.75) is 13.1 Å². The highest BCUT2D eigenvalue weighted by Gasteiger charge is 2.11. The Morgan fingerprint density at radius 3 is 2.81 bits per heavy atom. The molecule has 0 aliphatic rings. The van der Waals surface area contributed by atoms with E-state index >= 15 is 0 Å². The van der Waals surface area contributed by atoms with Gasteiger partial charge in [-0.25, -0.2) is 4.98 Å². The van der Waals surface area contributed by atoms with Gasteiger partial charge in [-0.1, -0.05) is 18.2 Å². The van der Waals surface area contributed by atoms with Gasteiger partial charge >= 0.3 is 0 Å². The molecule has 3 rings (SSSR count). The number of imidazole rings is 1. The molecule has 0 bridgehead atoms. The maximum Gasteiger partial charge on any atom is 0.194 e. The Kier molecular flexibility index (Phi) is 5.78. The molecule has 1 aromatic carbocycles. The zero-order valence-corrected chi connectivity index (χ0v) is 16.8. The van der Waals surface area contributed by atoms with Crippen LogP contribution in [0.1, 0.15) is 11.3 Å². The minimum absolute atomic E-state index is 0.683. The van der Waals surface area contributed by atoms with Crippen molar-refractivity contribution in [1.29, 1.82) is 0 Å². The summed E-state index contributed by atoms with van der Waals surface area (Å²) in [5, 5.41) is 3.46. The molecule has 0 amide bonds. The molecular formula is C19H23BrN6. The van der Waals surface area contributed by atoms with E-state index in [0.717, 1.165) is 22.7 Å². The Bertz CT molecular complexity index is 881. The van der Waals surface area contributed by atoms with Gasteiger partial charge in [-0.05, 0) is 33.6 Å². The van der Waals surface area contributed by atoms with Crippen molar-refractivity contribution >= 4 is 21.9 Å². The standard InChI is InChI=1S/C19H23BrN6/c1-21-19(25(3)13-17-10-16(20)12-24(17)2)23-11-15-6-4-5-7-18(15)26-9-8-22-14-26/h4-10,12,14H,11,13H2,1-3H3,(H,21,23). The molecule has 0 spiro atoms. The van der Waals surface area contributed by atoms with E-state index in [9.17, 15) is 0 Å². The van der Waals surface area contributed by atoms with E-state index in [4.69, 9.17) is 0 Å². The van der Waals surface area contributed by atoms with E-state index in [0.29, 0.717) is 6.54 Å². The number of aliphatic imine (C=N–C) groups is 1. The molecule has 3 aromatic rings. The van der Waals surface area contributed by atoms with Crippen LogP contribution in [0.4, 0.5) is 0 Å². The molecule has 0 radical (unpaired) electrons.